The largest absolute Gasteiger partial charge is 0.488 e. The monoisotopic (exact) mass is 1510 g/mol. The minimum atomic E-state index is -1.39. The molecule has 0 bridgehead atoms. The molecule has 0 aliphatic heterocycles. The average molecular weight is 1510 g/mol. The zero-order valence-electron chi connectivity index (χ0n) is 54.9. The van der Waals surface area contributed by atoms with Crippen molar-refractivity contribution >= 4 is 60.4 Å². The van der Waals surface area contributed by atoms with Gasteiger partial charge in [-0.05, 0) is 120 Å². The molecule has 2 heterocycles. The maximum atomic E-state index is 8.94. The highest BCUT2D eigenvalue weighted by Crippen LogP contribution is 2.34. The van der Waals surface area contributed by atoms with Crippen LogP contribution in [0.3, 0.4) is 0 Å². The van der Waals surface area contributed by atoms with Crippen LogP contribution in [0.2, 0.25) is 0 Å². The van der Waals surface area contributed by atoms with Crippen LogP contribution < -0.4 is 5.46 Å². The lowest BCUT2D eigenvalue weighted by Gasteiger charge is -2.11. The fraction of sp³-hybridized carbons (Fsp3) is 0. The second-order valence-corrected chi connectivity index (χ2v) is 26.8. The van der Waals surface area contributed by atoms with Gasteiger partial charge in [0.25, 0.3) is 0 Å². The molecule has 14 aromatic carbocycles. The van der Waals surface area contributed by atoms with Gasteiger partial charge in [0.15, 0.2) is 34.9 Å². The van der Waals surface area contributed by atoms with Gasteiger partial charge in [0.1, 0.15) is 0 Å². The first-order chi connectivity index (χ1) is 50.0. The van der Waals surface area contributed by atoms with Gasteiger partial charge in [-0.25, -0.2) is 29.9 Å². The number of hydrogen-bond donors (Lipinski definition) is 2. The summed E-state index contributed by atoms with van der Waals surface area (Å²) in [6.45, 7) is 0. The summed E-state index contributed by atoms with van der Waals surface area (Å²) >= 11 is 10.4. The van der Waals surface area contributed by atoms with Crippen molar-refractivity contribution in [2.45, 2.75) is 0 Å². The summed E-state index contributed by atoms with van der Waals surface area (Å²) in [5.41, 5.74) is 22.4. The van der Waals surface area contributed by atoms with Crippen LogP contribution in [-0.4, -0.2) is 47.1 Å². The van der Waals surface area contributed by atoms with Crippen molar-refractivity contribution in [2.24, 2.45) is 0 Å². The van der Waals surface area contributed by atoms with Crippen molar-refractivity contribution in [3.8, 4) is 146 Å². The van der Waals surface area contributed by atoms with Gasteiger partial charge in [-0.1, -0.05) is 375 Å². The van der Waals surface area contributed by atoms with Crippen molar-refractivity contribution in [2.75, 3.05) is 0 Å². The maximum Gasteiger partial charge on any atom is 0.488 e. The standard InChI is InChI=1S/C57H39N3.C21H12Br3N3.C12H11BO2/c1-4-10-40(11-5-1)43-16-22-46(23-17-43)49-28-34-52(35-29-49)55-58-56(53-36-30-50(31-37-53)47-24-18-44(19-25-47)41-12-6-2-7-13-41)60-57(59-55)54-38-32-51(33-39-54)48-26-20-45(21-27-48)42-14-8-3-9-15-42;22-16-7-1-13(2-8-16)19-25-20(14-3-9-17(23)10-4-14)27-21(26-19)15-5-11-18(24)12-6-15;14-13(15)12-8-6-11(7-9-12)10-4-2-1-3-5-10/h1-39H;1-12H;1-9,14-15H. The predicted octanol–water partition coefficient (Wildman–Crippen LogP) is 23.1. The summed E-state index contributed by atoms with van der Waals surface area (Å²) in [6.07, 6.45) is 0. The van der Waals surface area contributed by atoms with Gasteiger partial charge < -0.3 is 10.0 Å². The highest BCUT2D eigenvalue weighted by atomic mass is 79.9. The molecular formula is C90H62BBr3N6O2. The van der Waals surface area contributed by atoms with Gasteiger partial charge in [-0.3, -0.25) is 0 Å². The number of rotatable bonds is 14. The Bertz CT molecular complexity index is 4900. The second kappa shape index (κ2) is 32.2. The summed E-state index contributed by atoms with van der Waals surface area (Å²) in [5.74, 6) is 3.82. The third-order valence-corrected chi connectivity index (χ3v) is 18.9. The Balaban J connectivity index is 0.000000171. The van der Waals surface area contributed by atoms with Gasteiger partial charge in [-0.15, -0.1) is 0 Å². The van der Waals surface area contributed by atoms with Crippen LogP contribution in [0.25, 0.3) is 146 Å². The lowest BCUT2D eigenvalue weighted by Crippen LogP contribution is -2.29. The molecule has 16 rings (SSSR count). The average Bonchev–Trinajstić information content (AvgIpc) is 0.796. The zero-order chi connectivity index (χ0) is 69.6. The molecule has 0 fully saturated rings. The fourth-order valence-corrected chi connectivity index (χ4v) is 12.5. The van der Waals surface area contributed by atoms with Gasteiger partial charge in [0.05, 0.1) is 0 Å². The Labute approximate surface area is 619 Å². The Morgan fingerprint density at radius 2 is 0.284 bits per heavy atom. The first-order valence-electron chi connectivity index (χ1n) is 33.2. The van der Waals surface area contributed by atoms with Crippen molar-refractivity contribution < 1.29 is 10.0 Å². The molecule has 0 atom stereocenters. The summed E-state index contributed by atoms with van der Waals surface area (Å²) in [5, 5.41) is 17.9. The van der Waals surface area contributed by atoms with E-state index in [-0.39, 0.29) is 0 Å². The molecule has 0 unspecified atom stereocenters. The number of halogens is 3. The molecule has 0 radical (unpaired) electrons. The molecule has 0 saturated carbocycles. The summed E-state index contributed by atoms with van der Waals surface area (Å²) < 4.78 is 3.05. The quantitative estimate of drug-likeness (QED) is 0.103. The van der Waals surface area contributed by atoms with E-state index in [4.69, 9.17) is 40.0 Å². The van der Waals surface area contributed by atoms with Crippen LogP contribution in [0, 0.1) is 0 Å². The van der Waals surface area contributed by atoms with E-state index < -0.39 is 7.12 Å². The minimum absolute atomic E-state index is 0.509. The van der Waals surface area contributed by atoms with Crippen LogP contribution in [0.5, 0.6) is 0 Å². The smallest absolute Gasteiger partial charge is 0.423 e. The van der Waals surface area contributed by atoms with Gasteiger partial charge >= 0.3 is 7.12 Å². The summed E-state index contributed by atoms with van der Waals surface area (Å²) in [7, 11) is -1.39. The summed E-state index contributed by atoms with van der Waals surface area (Å²) in [6, 6.07) is 124. The first-order valence-corrected chi connectivity index (χ1v) is 35.5. The molecule has 488 valence electrons. The van der Waals surface area contributed by atoms with Crippen LogP contribution in [0.4, 0.5) is 0 Å². The highest BCUT2D eigenvalue weighted by molar-refractivity contribution is 9.11. The third kappa shape index (κ3) is 16.9. The van der Waals surface area contributed by atoms with E-state index in [0.717, 1.165) is 91.3 Å². The van der Waals surface area contributed by atoms with Gasteiger partial charge in [-0.2, -0.15) is 0 Å². The van der Waals surface area contributed by atoms with Crippen molar-refractivity contribution in [1.82, 2.24) is 29.9 Å². The maximum absolute atomic E-state index is 8.94. The van der Waals surface area contributed by atoms with Crippen molar-refractivity contribution in [3.05, 3.63) is 377 Å². The predicted molar refractivity (Wildman–Crippen MR) is 430 cm³/mol. The lowest BCUT2D eigenvalue weighted by atomic mass is 9.80. The molecule has 8 nitrogen and oxygen atoms in total. The molecule has 0 saturated heterocycles. The lowest BCUT2D eigenvalue weighted by molar-refractivity contribution is 0.426. The molecule has 12 heteroatoms. The number of aromatic nitrogens is 6. The molecule has 0 aliphatic carbocycles. The Morgan fingerprint density at radius 3 is 0.441 bits per heavy atom. The van der Waals surface area contributed by atoms with E-state index in [1.165, 1.54) is 33.4 Å². The fourth-order valence-electron chi connectivity index (χ4n) is 11.7. The van der Waals surface area contributed by atoms with Crippen molar-refractivity contribution in [3.63, 3.8) is 0 Å². The van der Waals surface area contributed by atoms with E-state index in [9.17, 15) is 0 Å². The molecular weight excluding hydrogens is 1450 g/mol. The molecule has 0 spiro atoms. The SMILES string of the molecule is Brc1ccc(-c2nc(-c3ccc(Br)cc3)nc(-c3ccc(Br)cc3)n2)cc1.OB(O)c1ccc(-c2ccccc2)cc1.c1ccc(-c2ccc(-c3ccc(-c4nc(-c5ccc(-c6ccc(-c7ccccc7)cc6)cc5)nc(-c5ccc(-c6ccc(-c7ccccc7)cc6)cc5)n4)cc3)cc2)cc1. The molecule has 102 heavy (non-hydrogen) atoms. The normalized spacial score (nSPS) is 10.8. The number of nitrogens with zero attached hydrogens (tertiary/aromatic N) is 6. The third-order valence-electron chi connectivity index (χ3n) is 17.3. The van der Waals surface area contributed by atoms with Gasteiger partial charge in [0, 0.05) is 46.8 Å². The molecule has 0 amide bonds. The van der Waals surface area contributed by atoms with E-state index in [2.05, 4.69) is 266 Å². The Kier molecular flexibility index (Phi) is 21.4. The van der Waals surface area contributed by atoms with E-state index in [0.29, 0.717) is 40.4 Å². The van der Waals surface area contributed by atoms with E-state index in [1.54, 1.807) is 12.1 Å². The van der Waals surface area contributed by atoms with Crippen molar-refractivity contribution in [1.29, 1.82) is 0 Å². The van der Waals surface area contributed by atoms with Crippen LogP contribution >= 0.6 is 47.8 Å². The summed E-state index contributed by atoms with van der Waals surface area (Å²) in [4.78, 5) is 29.4. The van der Waals surface area contributed by atoms with Crippen LogP contribution in [0.15, 0.2) is 377 Å². The minimum Gasteiger partial charge on any atom is -0.423 e. The molecule has 2 N–H and O–H groups in total. The highest BCUT2D eigenvalue weighted by Gasteiger charge is 2.17. The zero-order valence-corrected chi connectivity index (χ0v) is 59.7. The molecule has 2 aromatic heterocycles. The first kappa shape index (κ1) is 67.7. The van der Waals surface area contributed by atoms with E-state index >= 15 is 0 Å². The van der Waals surface area contributed by atoms with E-state index in [1.807, 2.05) is 133 Å². The topological polar surface area (TPSA) is 118 Å². The van der Waals surface area contributed by atoms with Crippen LogP contribution in [-0.2, 0) is 0 Å². The van der Waals surface area contributed by atoms with Gasteiger partial charge in [0.2, 0.25) is 0 Å². The molecule has 0 aliphatic rings. The number of hydrogen-bond acceptors (Lipinski definition) is 8. The number of benzene rings is 14. The Morgan fingerprint density at radius 1 is 0.157 bits per heavy atom. The Hall–Kier alpha value is -11.5. The second-order valence-electron chi connectivity index (χ2n) is 24.1. The van der Waals surface area contributed by atoms with Crippen LogP contribution in [0.1, 0.15) is 0 Å². The molecule has 16 aromatic rings.